The largest absolute Gasteiger partial charge is 0.508 e. The summed E-state index contributed by atoms with van der Waals surface area (Å²) in [5, 5.41) is 10.6. The van der Waals surface area contributed by atoms with Gasteiger partial charge in [-0.2, -0.15) is 0 Å². The van der Waals surface area contributed by atoms with Crippen molar-refractivity contribution in [3.63, 3.8) is 0 Å². The van der Waals surface area contributed by atoms with Crippen molar-refractivity contribution in [2.45, 2.75) is 38.5 Å². The van der Waals surface area contributed by atoms with Gasteiger partial charge in [-0.1, -0.05) is 24.3 Å². The predicted octanol–water partition coefficient (Wildman–Crippen LogP) is 3.50. The molecule has 5 rings (SSSR count). The molecule has 0 bridgehead atoms. The van der Waals surface area contributed by atoms with E-state index in [9.17, 15) is 9.90 Å². The van der Waals surface area contributed by atoms with Gasteiger partial charge in [0.1, 0.15) is 11.8 Å². The van der Waals surface area contributed by atoms with Gasteiger partial charge in [-0.05, 0) is 55.3 Å². The number of benzene rings is 2. The van der Waals surface area contributed by atoms with E-state index in [1.807, 2.05) is 61.2 Å². The molecule has 2 aliphatic rings. The molecular formula is C27H30N4O4. The number of amides is 1. The average Bonchev–Trinajstić information content (AvgIpc) is 3.41. The summed E-state index contributed by atoms with van der Waals surface area (Å²) in [5.74, 6) is 1.39. The van der Waals surface area contributed by atoms with Crippen LogP contribution >= 0.6 is 0 Å². The van der Waals surface area contributed by atoms with Crippen LogP contribution in [0.25, 0.3) is 0 Å². The van der Waals surface area contributed by atoms with Crippen LogP contribution in [0.3, 0.4) is 0 Å². The molecule has 0 saturated carbocycles. The van der Waals surface area contributed by atoms with Crippen molar-refractivity contribution in [2.24, 2.45) is 5.92 Å². The zero-order valence-corrected chi connectivity index (χ0v) is 19.8. The maximum Gasteiger partial charge on any atom is 0.242 e. The maximum atomic E-state index is 13.7. The van der Waals surface area contributed by atoms with Crippen molar-refractivity contribution in [3.05, 3.63) is 83.7 Å². The first-order chi connectivity index (χ1) is 17.1. The van der Waals surface area contributed by atoms with E-state index in [0.717, 1.165) is 16.7 Å². The number of pyridine rings is 1. The summed E-state index contributed by atoms with van der Waals surface area (Å²) in [5.41, 5.74) is 9.20. The number of nitrogens with one attached hydrogen (secondary N) is 2. The Hall–Kier alpha value is -3.62. The highest BCUT2D eigenvalue weighted by atomic mass is 16.5. The number of carbonyl (C=O) groups excluding carboxylic acids is 1. The monoisotopic (exact) mass is 474 g/mol. The number of fused-ring (bicyclic) bond motifs is 1. The Kier molecular flexibility index (Phi) is 6.57. The van der Waals surface area contributed by atoms with E-state index in [1.54, 1.807) is 24.5 Å². The number of hydrogen-bond acceptors (Lipinski definition) is 7. The van der Waals surface area contributed by atoms with Gasteiger partial charge in [-0.3, -0.25) is 9.78 Å². The van der Waals surface area contributed by atoms with Crippen molar-refractivity contribution < 1.29 is 19.4 Å². The molecule has 8 heteroatoms. The van der Waals surface area contributed by atoms with Crippen LogP contribution in [0.2, 0.25) is 0 Å². The van der Waals surface area contributed by atoms with Gasteiger partial charge in [0.15, 0.2) is 11.5 Å². The highest BCUT2D eigenvalue weighted by Gasteiger charge is 2.55. The summed E-state index contributed by atoms with van der Waals surface area (Å²) in [6.45, 7) is 5.36. The van der Waals surface area contributed by atoms with Crippen LogP contribution in [0.1, 0.15) is 42.6 Å². The van der Waals surface area contributed by atoms with E-state index in [0.29, 0.717) is 31.3 Å². The van der Waals surface area contributed by atoms with Crippen LogP contribution in [-0.4, -0.2) is 40.2 Å². The van der Waals surface area contributed by atoms with E-state index >= 15 is 0 Å². The second-order valence-electron chi connectivity index (χ2n) is 8.72. The second kappa shape index (κ2) is 9.93. The third-order valence-electron chi connectivity index (χ3n) is 6.70. The third-order valence-corrected chi connectivity index (χ3v) is 6.70. The number of phenols is 1. The van der Waals surface area contributed by atoms with Crippen LogP contribution in [0.15, 0.2) is 67.0 Å². The summed E-state index contributed by atoms with van der Waals surface area (Å²) < 4.78 is 11.7. The highest BCUT2D eigenvalue weighted by Crippen LogP contribution is 2.50. The quantitative estimate of drug-likeness (QED) is 0.460. The maximum absolute atomic E-state index is 13.7. The van der Waals surface area contributed by atoms with Crippen LogP contribution in [0.5, 0.6) is 17.2 Å². The number of rotatable bonds is 8. The number of hydrogen-bond donors (Lipinski definition) is 3. The molecule has 3 heterocycles. The van der Waals surface area contributed by atoms with Crippen LogP contribution in [0.4, 0.5) is 0 Å². The van der Waals surface area contributed by atoms with Crippen molar-refractivity contribution in [3.8, 4) is 17.2 Å². The fourth-order valence-electron chi connectivity index (χ4n) is 5.23. The second-order valence-corrected chi connectivity index (χ2v) is 8.72. The molecule has 0 spiro atoms. The summed E-state index contributed by atoms with van der Waals surface area (Å²) in [6.07, 6.45) is 3.47. The van der Waals surface area contributed by atoms with Crippen LogP contribution < -0.4 is 20.3 Å². The molecule has 35 heavy (non-hydrogen) atoms. The standard InChI is InChI=1S/C27H30N4O4/c1-3-34-21-10-9-18(15-22(21)35-4-2)26-23-24(19-7-5-6-8-20(19)32)29-30-25(23)27(33)31(26)16-17-11-13-28-14-12-17/h5-15,23-26,29-30,32H,3-4,16H2,1-2H3. The topological polar surface area (TPSA) is 96.0 Å². The van der Waals surface area contributed by atoms with Crippen molar-refractivity contribution in [1.29, 1.82) is 0 Å². The molecule has 2 saturated heterocycles. The van der Waals surface area contributed by atoms with E-state index in [4.69, 9.17) is 9.47 Å². The minimum atomic E-state index is -0.437. The fraction of sp³-hybridized carbons (Fsp3) is 0.333. The third kappa shape index (κ3) is 4.31. The number of aromatic hydroxyl groups is 1. The molecule has 1 amide bonds. The minimum absolute atomic E-state index is 0.00841. The van der Waals surface area contributed by atoms with Crippen molar-refractivity contribution in [1.82, 2.24) is 20.7 Å². The SMILES string of the molecule is CCOc1ccc(C2C3C(NNC3c3ccccc3O)C(=O)N2Cc2ccncc2)cc1OCC. The Morgan fingerprint density at radius 2 is 1.66 bits per heavy atom. The number of para-hydroxylation sites is 1. The van der Waals surface area contributed by atoms with Gasteiger partial charge in [-0.25, -0.2) is 10.9 Å². The van der Waals surface area contributed by atoms with Crippen LogP contribution in [-0.2, 0) is 11.3 Å². The summed E-state index contributed by atoms with van der Waals surface area (Å²) >= 11 is 0. The molecule has 0 radical (unpaired) electrons. The van der Waals surface area contributed by atoms with Gasteiger partial charge in [0.2, 0.25) is 5.91 Å². The molecule has 2 aliphatic heterocycles. The summed E-state index contributed by atoms with van der Waals surface area (Å²) in [6, 6.07) is 16.1. The van der Waals surface area contributed by atoms with E-state index in [-0.39, 0.29) is 29.7 Å². The zero-order chi connectivity index (χ0) is 24.4. The van der Waals surface area contributed by atoms with Gasteiger partial charge < -0.3 is 19.5 Å². The summed E-state index contributed by atoms with van der Waals surface area (Å²) in [7, 11) is 0. The first-order valence-electron chi connectivity index (χ1n) is 12.0. The van der Waals surface area contributed by atoms with Gasteiger partial charge >= 0.3 is 0 Å². The lowest BCUT2D eigenvalue weighted by Gasteiger charge is -2.32. The molecule has 4 atom stereocenters. The van der Waals surface area contributed by atoms with Gasteiger partial charge in [0.25, 0.3) is 0 Å². The lowest BCUT2D eigenvalue weighted by atomic mass is 9.83. The predicted molar refractivity (Wildman–Crippen MR) is 131 cm³/mol. The number of hydrazine groups is 1. The number of carbonyl (C=O) groups is 1. The lowest BCUT2D eigenvalue weighted by molar-refractivity contribution is -0.131. The van der Waals surface area contributed by atoms with Gasteiger partial charge in [0.05, 0.1) is 25.3 Å². The minimum Gasteiger partial charge on any atom is -0.508 e. The van der Waals surface area contributed by atoms with Gasteiger partial charge in [0, 0.05) is 30.4 Å². The molecule has 1 aromatic heterocycles. The van der Waals surface area contributed by atoms with Crippen molar-refractivity contribution >= 4 is 5.91 Å². The smallest absolute Gasteiger partial charge is 0.242 e. The molecule has 4 unspecified atom stereocenters. The Bertz CT molecular complexity index is 1190. The molecule has 8 nitrogen and oxygen atoms in total. The Balaban J connectivity index is 1.59. The number of nitrogens with zero attached hydrogens (tertiary/aromatic N) is 2. The fourth-order valence-corrected chi connectivity index (χ4v) is 5.23. The Labute approximate surface area is 204 Å². The van der Waals surface area contributed by atoms with Gasteiger partial charge in [-0.15, -0.1) is 0 Å². The molecule has 0 aliphatic carbocycles. The molecule has 2 aromatic carbocycles. The average molecular weight is 475 g/mol. The normalized spacial score (nSPS) is 23.4. The zero-order valence-electron chi connectivity index (χ0n) is 19.8. The lowest BCUT2D eigenvalue weighted by Crippen LogP contribution is -2.41. The molecule has 182 valence electrons. The van der Waals surface area contributed by atoms with E-state index < -0.39 is 6.04 Å². The van der Waals surface area contributed by atoms with Crippen LogP contribution in [0, 0.1) is 5.92 Å². The molecule has 3 N–H and O–H groups in total. The Morgan fingerprint density at radius 3 is 2.40 bits per heavy atom. The molecule has 2 fully saturated rings. The van der Waals surface area contributed by atoms with E-state index in [1.165, 1.54) is 0 Å². The first kappa shape index (κ1) is 23.1. The Morgan fingerprint density at radius 1 is 0.943 bits per heavy atom. The first-order valence-corrected chi connectivity index (χ1v) is 12.0. The number of ether oxygens (including phenoxy) is 2. The number of aromatic nitrogens is 1. The summed E-state index contributed by atoms with van der Waals surface area (Å²) in [4.78, 5) is 19.7. The highest BCUT2D eigenvalue weighted by molar-refractivity contribution is 5.86. The molecule has 3 aromatic rings. The molecular weight excluding hydrogens is 444 g/mol. The number of phenolic OH excluding ortho intramolecular Hbond substituents is 1. The number of likely N-dealkylation sites (tertiary alicyclic amines) is 1. The van der Waals surface area contributed by atoms with E-state index in [2.05, 4.69) is 15.8 Å². The van der Waals surface area contributed by atoms with Crippen molar-refractivity contribution in [2.75, 3.05) is 13.2 Å².